The number of aliphatic hydroxyl groups excluding tert-OH is 1. The van der Waals surface area contributed by atoms with Crippen LogP contribution in [0.1, 0.15) is 25.7 Å². The van der Waals surface area contributed by atoms with Gasteiger partial charge in [0.05, 0.1) is 13.2 Å². The molecule has 3 heterocycles. The van der Waals surface area contributed by atoms with E-state index < -0.39 is 0 Å². The second-order valence-corrected chi connectivity index (χ2v) is 7.21. The van der Waals surface area contributed by atoms with Crippen LogP contribution in [0.4, 0.5) is 5.82 Å². The van der Waals surface area contributed by atoms with Crippen LogP contribution in [-0.2, 0) is 0 Å². The van der Waals surface area contributed by atoms with Crippen LogP contribution in [-0.4, -0.2) is 60.4 Å². The summed E-state index contributed by atoms with van der Waals surface area (Å²) in [6.07, 6.45) is 4.21. The van der Waals surface area contributed by atoms with Gasteiger partial charge in [-0.1, -0.05) is 12.1 Å². The smallest absolute Gasteiger partial charge is 0.145 e. The first kappa shape index (κ1) is 16.6. The van der Waals surface area contributed by atoms with Gasteiger partial charge in [-0.2, -0.15) is 0 Å². The number of aromatic nitrogens is 1. The third-order valence-electron chi connectivity index (χ3n) is 5.62. The van der Waals surface area contributed by atoms with Crippen LogP contribution in [0.3, 0.4) is 0 Å². The molecule has 25 heavy (non-hydrogen) atoms. The monoisotopic (exact) mass is 341 g/mol. The van der Waals surface area contributed by atoms with Gasteiger partial charge in [0, 0.05) is 31.1 Å². The molecule has 2 fully saturated rings. The zero-order chi connectivity index (χ0) is 17.2. The molecule has 4 rings (SSSR count). The largest absolute Gasteiger partial charge is 0.494 e. The molecule has 5 nitrogen and oxygen atoms in total. The van der Waals surface area contributed by atoms with Gasteiger partial charge in [0.25, 0.3) is 0 Å². The van der Waals surface area contributed by atoms with Crippen molar-refractivity contribution in [3.8, 4) is 5.75 Å². The molecule has 1 aromatic heterocycles. The summed E-state index contributed by atoms with van der Waals surface area (Å²) >= 11 is 0. The number of pyridine rings is 1. The van der Waals surface area contributed by atoms with Gasteiger partial charge in [0.2, 0.25) is 0 Å². The van der Waals surface area contributed by atoms with E-state index in [4.69, 9.17) is 9.72 Å². The maximum atomic E-state index is 9.92. The van der Waals surface area contributed by atoms with Crippen molar-refractivity contribution in [2.75, 3.05) is 38.2 Å². The predicted octanol–water partition coefficient (Wildman–Crippen LogP) is 2.67. The summed E-state index contributed by atoms with van der Waals surface area (Å²) in [7, 11) is 1.70. The van der Waals surface area contributed by atoms with Crippen molar-refractivity contribution in [2.45, 2.75) is 37.8 Å². The minimum absolute atomic E-state index is 0.138. The Balaban J connectivity index is 1.46. The van der Waals surface area contributed by atoms with E-state index in [1.54, 1.807) is 7.11 Å². The molecule has 0 bridgehead atoms. The fraction of sp³-hybridized carbons (Fsp3) is 0.550. The molecule has 1 atom stereocenters. The SMILES string of the molecule is COc1cccc2ccc(N3CCC(N4CCCC(O)C4)CC3)nc12. The third-order valence-corrected chi connectivity index (χ3v) is 5.62. The Morgan fingerprint density at radius 2 is 1.92 bits per heavy atom. The normalized spacial score (nSPS) is 23.1. The molecular weight excluding hydrogens is 314 g/mol. The second kappa shape index (κ2) is 7.18. The number of methoxy groups -OCH3 is 1. The fourth-order valence-electron chi connectivity index (χ4n) is 4.23. The molecule has 2 saturated heterocycles. The molecule has 1 N–H and O–H groups in total. The molecule has 1 aromatic carbocycles. The number of piperidine rings is 2. The van der Waals surface area contributed by atoms with E-state index in [2.05, 4.69) is 28.0 Å². The van der Waals surface area contributed by atoms with Crippen molar-refractivity contribution < 1.29 is 9.84 Å². The lowest BCUT2D eigenvalue weighted by Gasteiger charge is -2.41. The number of β-amino-alcohol motifs (C(OH)–C–C–N with tert-alkyl or cyclic N) is 1. The Bertz CT molecular complexity index is 728. The van der Waals surface area contributed by atoms with Crippen LogP contribution in [0.25, 0.3) is 10.9 Å². The highest BCUT2D eigenvalue weighted by molar-refractivity contribution is 5.85. The van der Waals surface area contributed by atoms with Crippen LogP contribution in [0.2, 0.25) is 0 Å². The molecular formula is C20H27N3O2. The molecule has 5 heteroatoms. The Morgan fingerprint density at radius 1 is 1.08 bits per heavy atom. The lowest BCUT2D eigenvalue weighted by atomic mass is 9.99. The number of aliphatic hydroxyl groups is 1. The zero-order valence-electron chi connectivity index (χ0n) is 14.9. The number of benzene rings is 1. The van der Waals surface area contributed by atoms with Gasteiger partial charge < -0.3 is 14.7 Å². The minimum Gasteiger partial charge on any atom is -0.494 e. The lowest BCUT2D eigenvalue weighted by Crippen LogP contribution is -2.49. The minimum atomic E-state index is -0.138. The Morgan fingerprint density at radius 3 is 2.68 bits per heavy atom. The first-order valence-corrected chi connectivity index (χ1v) is 9.35. The number of rotatable bonds is 3. The molecule has 134 valence electrons. The number of likely N-dealkylation sites (tertiary alicyclic amines) is 1. The molecule has 2 aliphatic heterocycles. The number of hydrogen-bond acceptors (Lipinski definition) is 5. The van der Waals surface area contributed by atoms with Gasteiger partial charge >= 0.3 is 0 Å². The summed E-state index contributed by atoms with van der Waals surface area (Å²) in [5, 5.41) is 11.0. The second-order valence-electron chi connectivity index (χ2n) is 7.21. The Labute approximate surface area is 149 Å². The van der Waals surface area contributed by atoms with Crippen LogP contribution in [0, 0.1) is 0 Å². The quantitative estimate of drug-likeness (QED) is 0.930. The standard InChI is InChI=1S/C20H27N3O2/c1-25-18-6-2-4-15-7-8-19(21-20(15)18)22-12-9-16(10-13-22)23-11-3-5-17(24)14-23/h2,4,6-8,16-17,24H,3,5,9-14H2,1H3. The highest BCUT2D eigenvalue weighted by atomic mass is 16.5. The molecule has 0 spiro atoms. The maximum Gasteiger partial charge on any atom is 0.145 e. The average molecular weight is 341 g/mol. The highest BCUT2D eigenvalue weighted by Crippen LogP contribution is 2.28. The molecule has 0 radical (unpaired) electrons. The number of fused-ring (bicyclic) bond motifs is 1. The molecule has 0 aliphatic carbocycles. The predicted molar refractivity (Wildman–Crippen MR) is 100 cm³/mol. The number of para-hydroxylation sites is 1. The van der Waals surface area contributed by atoms with Crippen LogP contribution in [0.5, 0.6) is 5.75 Å². The first-order chi connectivity index (χ1) is 12.2. The summed E-state index contributed by atoms with van der Waals surface area (Å²) in [6.45, 7) is 4.01. The maximum absolute atomic E-state index is 9.92. The van der Waals surface area contributed by atoms with Crippen LogP contribution >= 0.6 is 0 Å². The van der Waals surface area contributed by atoms with Crippen molar-refractivity contribution in [1.82, 2.24) is 9.88 Å². The van der Waals surface area contributed by atoms with Gasteiger partial charge in [-0.25, -0.2) is 4.98 Å². The van der Waals surface area contributed by atoms with E-state index in [0.29, 0.717) is 6.04 Å². The molecule has 2 aliphatic rings. The van der Waals surface area contributed by atoms with Crippen molar-refractivity contribution >= 4 is 16.7 Å². The zero-order valence-corrected chi connectivity index (χ0v) is 14.9. The first-order valence-electron chi connectivity index (χ1n) is 9.35. The van der Waals surface area contributed by atoms with E-state index in [-0.39, 0.29) is 6.10 Å². The van der Waals surface area contributed by atoms with Crippen LogP contribution in [0.15, 0.2) is 30.3 Å². The Kier molecular flexibility index (Phi) is 4.77. The van der Waals surface area contributed by atoms with Gasteiger partial charge in [-0.3, -0.25) is 4.90 Å². The summed E-state index contributed by atoms with van der Waals surface area (Å²) in [5.74, 6) is 1.87. The summed E-state index contributed by atoms with van der Waals surface area (Å²) < 4.78 is 5.46. The molecule has 0 amide bonds. The van der Waals surface area contributed by atoms with Gasteiger partial charge in [-0.15, -0.1) is 0 Å². The van der Waals surface area contributed by atoms with E-state index >= 15 is 0 Å². The van der Waals surface area contributed by atoms with E-state index in [9.17, 15) is 5.11 Å². The third kappa shape index (κ3) is 3.44. The number of nitrogens with zero attached hydrogens (tertiary/aromatic N) is 3. The number of hydrogen-bond donors (Lipinski definition) is 1. The van der Waals surface area contributed by atoms with Crippen molar-refractivity contribution in [3.05, 3.63) is 30.3 Å². The fourth-order valence-corrected chi connectivity index (χ4v) is 4.23. The van der Waals surface area contributed by atoms with Crippen molar-refractivity contribution in [2.24, 2.45) is 0 Å². The van der Waals surface area contributed by atoms with Crippen LogP contribution < -0.4 is 9.64 Å². The Hall–Kier alpha value is -1.85. The summed E-state index contributed by atoms with van der Waals surface area (Å²) in [6, 6.07) is 10.9. The average Bonchev–Trinajstić information content (AvgIpc) is 2.67. The van der Waals surface area contributed by atoms with Gasteiger partial charge in [0.15, 0.2) is 0 Å². The highest BCUT2D eigenvalue weighted by Gasteiger charge is 2.28. The summed E-state index contributed by atoms with van der Waals surface area (Å²) in [5.41, 5.74) is 0.934. The molecule has 0 saturated carbocycles. The molecule has 1 unspecified atom stereocenters. The van der Waals surface area contributed by atoms with Crippen molar-refractivity contribution in [1.29, 1.82) is 0 Å². The van der Waals surface area contributed by atoms with Gasteiger partial charge in [0.1, 0.15) is 17.1 Å². The van der Waals surface area contributed by atoms with E-state index in [0.717, 1.165) is 74.3 Å². The van der Waals surface area contributed by atoms with Gasteiger partial charge in [-0.05, 0) is 50.4 Å². The topological polar surface area (TPSA) is 48.8 Å². The van der Waals surface area contributed by atoms with E-state index in [1.165, 1.54) is 0 Å². The van der Waals surface area contributed by atoms with E-state index in [1.807, 2.05) is 12.1 Å². The summed E-state index contributed by atoms with van der Waals surface area (Å²) in [4.78, 5) is 9.73. The van der Waals surface area contributed by atoms with Crippen molar-refractivity contribution in [3.63, 3.8) is 0 Å². The lowest BCUT2D eigenvalue weighted by molar-refractivity contribution is 0.0398. The number of anilines is 1. The number of ether oxygens (including phenoxy) is 1. The molecule has 2 aromatic rings.